The van der Waals surface area contributed by atoms with Crippen LogP contribution < -0.4 is 10.1 Å². The summed E-state index contributed by atoms with van der Waals surface area (Å²) in [6.45, 7) is 6.73. The molecule has 0 fully saturated rings. The third kappa shape index (κ3) is 4.78. The molecule has 17 heavy (non-hydrogen) atoms. The predicted molar refractivity (Wildman–Crippen MR) is 73.7 cm³/mol. The molecule has 0 amide bonds. The molecule has 1 unspecified atom stereocenters. The highest BCUT2D eigenvalue weighted by atomic mass is 16.5. The van der Waals surface area contributed by atoms with Crippen molar-refractivity contribution < 1.29 is 4.74 Å². The number of ether oxygens (including phenoxy) is 1. The normalized spacial score (nSPS) is 12.8. The Balaban J connectivity index is 2.46. The lowest BCUT2D eigenvalue weighted by Crippen LogP contribution is -2.36. The van der Waals surface area contributed by atoms with Crippen molar-refractivity contribution in [3.63, 3.8) is 0 Å². The molecule has 0 aliphatic carbocycles. The first-order valence-corrected chi connectivity index (χ1v) is 6.58. The second kappa shape index (κ2) is 7.33. The van der Waals surface area contributed by atoms with E-state index in [1.165, 1.54) is 18.4 Å². The quantitative estimate of drug-likeness (QED) is 0.782. The first kappa shape index (κ1) is 14.0. The smallest absolute Gasteiger partial charge is 0.118 e. The van der Waals surface area contributed by atoms with Gasteiger partial charge in [0.15, 0.2) is 0 Å². The topological polar surface area (TPSA) is 21.3 Å². The number of benzene rings is 1. The number of methoxy groups -OCH3 is 1. The third-order valence-corrected chi connectivity index (χ3v) is 3.21. The van der Waals surface area contributed by atoms with Crippen LogP contribution in [0.4, 0.5) is 0 Å². The molecule has 2 nitrogen and oxygen atoms in total. The minimum atomic E-state index is 0.522. The van der Waals surface area contributed by atoms with Crippen molar-refractivity contribution in [2.24, 2.45) is 0 Å². The zero-order valence-corrected chi connectivity index (χ0v) is 11.5. The molecular weight excluding hydrogens is 210 g/mol. The fourth-order valence-corrected chi connectivity index (χ4v) is 2.10. The number of rotatable bonds is 7. The summed E-state index contributed by atoms with van der Waals surface area (Å²) in [5, 5.41) is 3.66. The Morgan fingerprint density at radius 3 is 2.18 bits per heavy atom. The molecular formula is C15H25NO. The maximum Gasteiger partial charge on any atom is 0.118 e. The summed E-state index contributed by atoms with van der Waals surface area (Å²) in [6.07, 6.45) is 3.47. The van der Waals surface area contributed by atoms with Crippen molar-refractivity contribution in [3.05, 3.63) is 29.8 Å². The van der Waals surface area contributed by atoms with Crippen molar-refractivity contribution in [1.82, 2.24) is 5.32 Å². The molecule has 1 aromatic carbocycles. The Labute approximate surface area is 105 Å². The third-order valence-electron chi connectivity index (χ3n) is 3.21. The van der Waals surface area contributed by atoms with Gasteiger partial charge in [-0.3, -0.25) is 0 Å². The molecule has 1 atom stereocenters. The van der Waals surface area contributed by atoms with Gasteiger partial charge in [-0.2, -0.15) is 0 Å². The van der Waals surface area contributed by atoms with Crippen LogP contribution in [0, 0.1) is 0 Å². The van der Waals surface area contributed by atoms with Crippen LogP contribution in [0.1, 0.15) is 39.2 Å². The molecule has 0 saturated carbocycles. The van der Waals surface area contributed by atoms with Crippen molar-refractivity contribution in [1.29, 1.82) is 0 Å². The molecule has 0 saturated heterocycles. The summed E-state index contributed by atoms with van der Waals surface area (Å²) in [4.78, 5) is 0. The van der Waals surface area contributed by atoms with Crippen molar-refractivity contribution in [3.8, 4) is 5.75 Å². The monoisotopic (exact) mass is 235 g/mol. The van der Waals surface area contributed by atoms with Gasteiger partial charge < -0.3 is 10.1 Å². The van der Waals surface area contributed by atoms with E-state index in [-0.39, 0.29) is 0 Å². The fraction of sp³-hybridized carbons (Fsp3) is 0.600. The summed E-state index contributed by atoms with van der Waals surface area (Å²) in [5.74, 6) is 0.925. The fourth-order valence-electron chi connectivity index (χ4n) is 2.10. The van der Waals surface area contributed by atoms with Crippen molar-refractivity contribution >= 4 is 0 Å². The van der Waals surface area contributed by atoms with Gasteiger partial charge in [0.2, 0.25) is 0 Å². The van der Waals surface area contributed by atoms with Gasteiger partial charge in [-0.25, -0.2) is 0 Å². The lowest BCUT2D eigenvalue weighted by Gasteiger charge is -2.21. The van der Waals surface area contributed by atoms with E-state index in [1.54, 1.807) is 7.11 Å². The highest BCUT2D eigenvalue weighted by Gasteiger charge is 2.08. The molecule has 0 heterocycles. The van der Waals surface area contributed by atoms with Crippen LogP contribution in [-0.4, -0.2) is 19.2 Å². The number of hydrogen-bond donors (Lipinski definition) is 1. The molecule has 2 heteroatoms. The Morgan fingerprint density at radius 1 is 1.12 bits per heavy atom. The number of hydrogen-bond acceptors (Lipinski definition) is 2. The molecule has 96 valence electrons. The first-order chi connectivity index (χ1) is 8.19. The highest BCUT2D eigenvalue weighted by Crippen LogP contribution is 2.13. The molecule has 0 bridgehead atoms. The van der Waals surface area contributed by atoms with Crippen LogP contribution in [0.25, 0.3) is 0 Å². The van der Waals surface area contributed by atoms with Crippen molar-refractivity contribution in [2.45, 2.75) is 52.1 Å². The zero-order chi connectivity index (χ0) is 12.7. The lowest BCUT2D eigenvalue weighted by atomic mass is 10.0. The van der Waals surface area contributed by atoms with Crippen LogP contribution in [0.3, 0.4) is 0 Å². The summed E-state index contributed by atoms with van der Waals surface area (Å²) >= 11 is 0. The average Bonchev–Trinajstić information content (AvgIpc) is 2.37. The van der Waals surface area contributed by atoms with E-state index >= 15 is 0 Å². The zero-order valence-electron chi connectivity index (χ0n) is 11.5. The molecule has 1 aromatic rings. The van der Waals surface area contributed by atoms with E-state index in [1.807, 2.05) is 12.1 Å². The van der Waals surface area contributed by atoms with E-state index in [9.17, 15) is 0 Å². The summed E-state index contributed by atoms with van der Waals surface area (Å²) in [6, 6.07) is 9.50. The molecule has 0 aliphatic heterocycles. The van der Waals surface area contributed by atoms with Crippen LogP contribution in [0.2, 0.25) is 0 Å². The number of nitrogens with one attached hydrogen (secondary N) is 1. The second-order valence-electron chi connectivity index (χ2n) is 4.63. The van der Waals surface area contributed by atoms with E-state index in [0.29, 0.717) is 12.1 Å². The van der Waals surface area contributed by atoms with Gasteiger partial charge >= 0.3 is 0 Å². The molecule has 0 aliphatic rings. The van der Waals surface area contributed by atoms with E-state index < -0.39 is 0 Å². The summed E-state index contributed by atoms with van der Waals surface area (Å²) in [5.41, 5.74) is 1.36. The maximum absolute atomic E-state index is 5.16. The minimum Gasteiger partial charge on any atom is -0.497 e. The lowest BCUT2D eigenvalue weighted by molar-refractivity contribution is 0.413. The molecule has 0 radical (unpaired) electrons. The molecule has 0 aromatic heterocycles. The van der Waals surface area contributed by atoms with E-state index in [0.717, 1.165) is 12.2 Å². The Hall–Kier alpha value is -1.02. The highest BCUT2D eigenvalue weighted by molar-refractivity contribution is 5.27. The van der Waals surface area contributed by atoms with Crippen LogP contribution >= 0.6 is 0 Å². The largest absolute Gasteiger partial charge is 0.497 e. The molecule has 1 rings (SSSR count). The van der Waals surface area contributed by atoms with Gasteiger partial charge in [-0.05, 0) is 43.9 Å². The summed E-state index contributed by atoms with van der Waals surface area (Å²) in [7, 11) is 1.70. The standard InChI is InChI=1S/C15H25NO/c1-5-14(6-2)16-12(3)11-13-7-9-15(17-4)10-8-13/h7-10,12,14,16H,5-6,11H2,1-4H3. The average molecular weight is 235 g/mol. The van der Waals surface area contributed by atoms with Crippen LogP contribution in [0.15, 0.2) is 24.3 Å². The van der Waals surface area contributed by atoms with Crippen LogP contribution in [-0.2, 0) is 6.42 Å². The minimum absolute atomic E-state index is 0.522. The summed E-state index contributed by atoms with van der Waals surface area (Å²) < 4.78 is 5.16. The van der Waals surface area contributed by atoms with Gasteiger partial charge in [0.25, 0.3) is 0 Å². The molecule has 0 spiro atoms. The van der Waals surface area contributed by atoms with Gasteiger partial charge in [0, 0.05) is 12.1 Å². The molecule has 1 N–H and O–H groups in total. The Morgan fingerprint density at radius 2 is 1.71 bits per heavy atom. The van der Waals surface area contributed by atoms with E-state index in [2.05, 4.69) is 38.2 Å². The second-order valence-corrected chi connectivity index (χ2v) is 4.63. The first-order valence-electron chi connectivity index (χ1n) is 6.58. The van der Waals surface area contributed by atoms with Gasteiger partial charge in [0.1, 0.15) is 5.75 Å². The Kier molecular flexibility index (Phi) is 6.06. The van der Waals surface area contributed by atoms with Crippen molar-refractivity contribution in [2.75, 3.05) is 7.11 Å². The van der Waals surface area contributed by atoms with Gasteiger partial charge in [0.05, 0.1) is 7.11 Å². The predicted octanol–water partition coefficient (Wildman–Crippen LogP) is 3.40. The van der Waals surface area contributed by atoms with E-state index in [4.69, 9.17) is 4.74 Å². The van der Waals surface area contributed by atoms with Crippen LogP contribution in [0.5, 0.6) is 5.75 Å². The van der Waals surface area contributed by atoms with Gasteiger partial charge in [-0.1, -0.05) is 26.0 Å². The Bertz CT molecular complexity index is 303. The van der Waals surface area contributed by atoms with Gasteiger partial charge in [-0.15, -0.1) is 0 Å². The SMILES string of the molecule is CCC(CC)NC(C)Cc1ccc(OC)cc1. The maximum atomic E-state index is 5.16.